The summed E-state index contributed by atoms with van der Waals surface area (Å²) in [5.41, 5.74) is 0.994. The molecule has 1 aliphatic carbocycles. The van der Waals surface area contributed by atoms with Crippen molar-refractivity contribution in [2.45, 2.75) is 25.3 Å². The molecule has 1 aliphatic heterocycles. The second-order valence-corrected chi connectivity index (χ2v) is 5.46. The average Bonchev–Trinajstić information content (AvgIpc) is 3.06. The lowest BCUT2D eigenvalue weighted by Crippen LogP contribution is -2.34. The smallest absolute Gasteiger partial charge is 0.306 e. The van der Waals surface area contributed by atoms with Gasteiger partial charge in [0, 0.05) is 11.5 Å². The van der Waals surface area contributed by atoms with Gasteiger partial charge in [0.25, 0.3) is 0 Å². The molecule has 1 amide bonds. The second-order valence-electron chi connectivity index (χ2n) is 5.46. The van der Waals surface area contributed by atoms with Crippen LogP contribution in [0.4, 0.5) is 0 Å². The number of carboxylic acids is 1. The normalized spacial score (nSPS) is 27.7. The maximum Gasteiger partial charge on any atom is 0.306 e. The number of rotatable bonds is 3. The summed E-state index contributed by atoms with van der Waals surface area (Å²) in [6.45, 7) is 0.445. The molecule has 3 atom stereocenters. The van der Waals surface area contributed by atoms with Crippen molar-refractivity contribution in [1.29, 1.82) is 0 Å². The minimum atomic E-state index is -0.796. The number of ether oxygens (including phenoxy) is 1. The third-order valence-corrected chi connectivity index (χ3v) is 4.17. The zero-order valence-corrected chi connectivity index (χ0v) is 11.0. The second kappa shape index (κ2) is 5.15. The molecule has 1 aromatic carbocycles. The first-order valence-corrected chi connectivity index (χ1v) is 6.90. The average molecular weight is 275 g/mol. The van der Waals surface area contributed by atoms with Crippen molar-refractivity contribution >= 4 is 11.9 Å². The number of benzene rings is 1. The molecule has 1 fully saturated rings. The fourth-order valence-electron chi connectivity index (χ4n) is 3.02. The number of aliphatic carboxylic acids is 1. The molecule has 0 saturated heterocycles. The maximum atomic E-state index is 12.2. The first-order chi connectivity index (χ1) is 9.65. The van der Waals surface area contributed by atoms with Crippen LogP contribution in [0, 0.1) is 11.8 Å². The zero-order valence-electron chi connectivity index (χ0n) is 11.0. The fourth-order valence-corrected chi connectivity index (χ4v) is 3.02. The van der Waals surface area contributed by atoms with E-state index in [1.54, 1.807) is 0 Å². The molecule has 0 bridgehead atoms. The summed E-state index contributed by atoms with van der Waals surface area (Å²) in [4.78, 5) is 23.1. The minimum Gasteiger partial charge on any atom is -0.491 e. The van der Waals surface area contributed by atoms with Crippen molar-refractivity contribution < 1.29 is 19.4 Å². The molecule has 0 aromatic heterocycles. The molecular formula is C15H17NO4. The van der Waals surface area contributed by atoms with Crippen molar-refractivity contribution in [3.63, 3.8) is 0 Å². The maximum absolute atomic E-state index is 12.2. The van der Waals surface area contributed by atoms with Crippen LogP contribution in [-0.2, 0) is 9.59 Å². The third-order valence-electron chi connectivity index (χ3n) is 4.17. The van der Waals surface area contributed by atoms with Crippen LogP contribution in [0.25, 0.3) is 0 Å². The van der Waals surface area contributed by atoms with Gasteiger partial charge in [-0.15, -0.1) is 0 Å². The van der Waals surface area contributed by atoms with Crippen molar-refractivity contribution in [2.24, 2.45) is 11.8 Å². The van der Waals surface area contributed by atoms with Crippen LogP contribution in [0.3, 0.4) is 0 Å². The monoisotopic (exact) mass is 275 g/mol. The van der Waals surface area contributed by atoms with Gasteiger partial charge in [-0.3, -0.25) is 9.59 Å². The number of carbonyl (C=O) groups is 2. The summed E-state index contributed by atoms with van der Waals surface area (Å²) in [7, 11) is 0. The number of amides is 1. The number of fused-ring (bicyclic) bond motifs is 1. The number of hydrogen-bond donors (Lipinski definition) is 2. The molecule has 5 nitrogen and oxygen atoms in total. The standard InChI is InChI=1S/C15H17NO4/c17-14(9-5-6-10(7-9)15(18)19)16-12-8-20-13-4-2-1-3-11(12)13/h1-4,9-10,12H,5-8H2,(H,16,17)(H,18,19). The number of carbonyl (C=O) groups excluding carboxylic acids is 1. The molecule has 1 saturated carbocycles. The topological polar surface area (TPSA) is 75.6 Å². The number of carboxylic acid groups (broad SMARTS) is 1. The Balaban J connectivity index is 1.62. The molecule has 0 radical (unpaired) electrons. The lowest BCUT2D eigenvalue weighted by atomic mass is 10.0. The van der Waals surface area contributed by atoms with Crippen molar-refractivity contribution in [1.82, 2.24) is 5.32 Å². The van der Waals surface area contributed by atoms with Crippen LogP contribution in [0.2, 0.25) is 0 Å². The van der Waals surface area contributed by atoms with Gasteiger partial charge in [0.15, 0.2) is 0 Å². The van der Waals surface area contributed by atoms with E-state index in [1.165, 1.54) is 0 Å². The Morgan fingerprint density at radius 1 is 1.20 bits per heavy atom. The molecule has 0 spiro atoms. The van der Waals surface area contributed by atoms with Crippen LogP contribution >= 0.6 is 0 Å². The quantitative estimate of drug-likeness (QED) is 0.881. The van der Waals surface area contributed by atoms with Crippen LogP contribution in [0.5, 0.6) is 5.75 Å². The van der Waals surface area contributed by atoms with Crippen LogP contribution in [0.1, 0.15) is 30.9 Å². The summed E-state index contributed by atoms with van der Waals surface area (Å²) in [5.74, 6) is -0.608. The SMILES string of the molecule is O=C(O)C1CCC(C(=O)NC2COc3ccccc32)C1. The van der Waals surface area contributed by atoms with E-state index >= 15 is 0 Å². The highest BCUT2D eigenvalue weighted by Crippen LogP contribution is 2.34. The van der Waals surface area contributed by atoms with E-state index in [1.807, 2.05) is 24.3 Å². The molecule has 106 valence electrons. The van der Waals surface area contributed by atoms with Crippen molar-refractivity contribution in [3.8, 4) is 5.75 Å². The van der Waals surface area contributed by atoms with Gasteiger partial charge >= 0.3 is 5.97 Å². The Morgan fingerprint density at radius 3 is 2.70 bits per heavy atom. The molecule has 2 aliphatic rings. The number of nitrogens with one attached hydrogen (secondary N) is 1. The van der Waals surface area contributed by atoms with Gasteiger partial charge in [-0.2, -0.15) is 0 Å². The van der Waals surface area contributed by atoms with Gasteiger partial charge < -0.3 is 15.2 Å². The highest BCUT2D eigenvalue weighted by molar-refractivity contribution is 5.81. The van der Waals surface area contributed by atoms with Crippen LogP contribution in [-0.4, -0.2) is 23.6 Å². The number of para-hydroxylation sites is 1. The fraction of sp³-hybridized carbons (Fsp3) is 0.467. The Bertz CT molecular complexity index is 542. The summed E-state index contributed by atoms with van der Waals surface area (Å²) < 4.78 is 5.53. The van der Waals surface area contributed by atoms with Gasteiger partial charge in [-0.1, -0.05) is 18.2 Å². The van der Waals surface area contributed by atoms with Gasteiger partial charge in [-0.05, 0) is 25.3 Å². The molecule has 2 N–H and O–H groups in total. The third kappa shape index (κ3) is 2.35. The molecule has 1 heterocycles. The Kier molecular flexibility index (Phi) is 3.34. The Morgan fingerprint density at radius 2 is 1.95 bits per heavy atom. The van der Waals surface area contributed by atoms with Gasteiger partial charge in [0.1, 0.15) is 12.4 Å². The summed E-state index contributed by atoms with van der Waals surface area (Å²) in [5, 5.41) is 12.0. The molecule has 20 heavy (non-hydrogen) atoms. The molecule has 1 aromatic rings. The lowest BCUT2D eigenvalue weighted by molar-refractivity contribution is -0.141. The van der Waals surface area contributed by atoms with E-state index in [-0.39, 0.29) is 23.8 Å². The van der Waals surface area contributed by atoms with Gasteiger partial charge in [0.05, 0.1) is 12.0 Å². The largest absolute Gasteiger partial charge is 0.491 e. The molecule has 5 heteroatoms. The van der Waals surface area contributed by atoms with Crippen LogP contribution in [0.15, 0.2) is 24.3 Å². The molecular weight excluding hydrogens is 258 g/mol. The summed E-state index contributed by atoms with van der Waals surface area (Å²) >= 11 is 0. The molecule has 3 rings (SSSR count). The van der Waals surface area contributed by atoms with Gasteiger partial charge in [0.2, 0.25) is 5.91 Å². The first-order valence-electron chi connectivity index (χ1n) is 6.90. The first kappa shape index (κ1) is 13.0. The lowest BCUT2D eigenvalue weighted by Gasteiger charge is -2.15. The highest BCUT2D eigenvalue weighted by atomic mass is 16.5. The van der Waals surface area contributed by atoms with E-state index < -0.39 is 5.97 Å². The van der Waals surface area contributed by atoms with E-state index in [4.69, 9.17) is 9.84 Å². The Labute approximate surface area is 116 Å². The van der Waals surface area contributed by atoms with E-state index in [0.29, 0.717) is 25.9 Å². The Hall–Kier alpha value is -2.04. The highest BCUT2D eigenvalue weighted by Gasteiger charge is 2.35. The van der Waals surface area contributed by atoms with E-state index in [0.717, 1.165) is 11.3 Å². The number of hydrogen-bond acceptors (Lipinski definition) is 3. The van der Waals surface area contributed by atoms with Crippen LogP contribution < -0.4 is 10.1 Å². The van der Waals surface area contributed by atoms with Gasteiger partial charge in [-0.25, -0.2) is 0 Å². The predicted octanol–water partition coefficient (Wildman–Crippen LogP) is 1.74. The van der Waals surface area contributed by atoms with Crippen molar-refractivity contribution in [2.75, 3.05) is 6.61 Å². The minimum absolute atomic E-state index is 0.0564. The van der Waals surface area contributed by atoms with Crippen molar-refractivity contribution in [3.05, 3.63) is 29.8 Å². The van der Waals surface area contributed by atoms with E-state index in [2.05, 4.69) is 5.32 Å². The summed E-state index contributed by atoms with van der Waals surface area (Å²) in [6, 6.07) is 7.53. The van der Waals surface area contributed by atoms with E-state index in [9.17, 15) is 9.59 Å². The molecule has 3 unspecified atom stereocenters. The predicted molar refractivity (Wildman–Crippen MR) is 71.3 cm³/mol. The zero-order chi connectivity index (χ0) is 14.1. The summed E-state index contributed by atoms with van der Waals surface area (Å²) in [6.07, 6.45) is 1.68.